The molecule has 0 aliphatic carbocycles. The van der Waals surface area contributed by atoms with Crippen LogP contribution in [0.4, 0.5) is 0 Å². The molecular weight excluding hydrogens is 312 g/mol. The van der Waals surface area contributed by atoms with Gasteiger partial charge in [-0.05, 0) is 24.6 Å². The first-order chi connectivity index (χ1) is 11.2. The van der Waals surface area contributed by atoms with E-state index in [2.05, 4.69) is 22.8 Å². The Hall–Kier alpha value is -2.21. The fourth-order valence-electron chi connectivity index (χ4n) is 1.90. The van der Waals surface area contributed by atoms with E-state index >= 15 is 0 Å². The molecule has 0 bridgehead atoms. The van der Waals surface area contributed by atoms with Crippen LogP contribution in [0.25, 0.3) is 0 Å². The quantitative estimate of drug-likeness (QED) is 0.729. The number of amides is 2. The van der Waals surface area contributed by atoms with Gasteiger partial charge in [0.2, 0.25) is 5.91 Å². The molecule has 1 heterocycles. The summed E-state index contributed by atoms with van der Waals surface area (Å²) in [7, 11) is 0. The van der Waals surface area contributed by atoms with Crippen molar-refractivity contribution < 1.29 is 14.0 Å². The van der Waals surface area contributed by atoms with Crippen LogP contribution in [-0.2, 0) is 10.5 Å². The zero-order valence-electron chi connectivity index (χ0n) is 13.0. The number of benzene rings is 1. The second-order valence-electron chi connectivity index (χ2n) is 5.00. The molecule has 0 saturated heterocycles. The molecule has 0 unspecified atom stereocenters. The number of hydrogen-bond donors (Lipinski definition) is 2. The number of thioether (sulfide) groups is 1. The Balaban J connectivity index is 1.61. The monoisotopic (exact) mass is 332 g/mol. The van der Waals surface area contributed by atoms with Gasteiger partial charge in [-0.2, -0.15) is 11.8 Å². The van der Waals surface area contributed by atoms with Crippen molar-refractivity contribution in [1.29, 1.82) is 0 Å². The molecule has 0 saturated carbocycles. The largest absolute Gasteiger partial charge is 0.459 e. The molecule has 0 aliphatic heterocycles. The van der Waals surface area contributed by atoms with Crippen LogP contribution in [0.5, 0.6) is 0 Å². The number of carbonyl (C=O) groups excluding carboxylic acids is 2. The number of carbonyl (C=O) groups is 2. The molecule has 0 radical (unpaired) electrons. The van der Waals surface area contributed by atoms with Crippen molar-refractivity contribution in [3.63, 3.8) is 0 Å². The minimum absolute atomic E-state index is 0.197. The Morgan fingerprint density at radius 3 is 2.65 bits per heavy atom. The Labute approximate surface area is 139 Å². The smallest absolute Gasteiger partial charge is 0.287 e. The third kappa shape index (κ3) is 5.83. The van der Waals surface area contributed by atoms with Crippen molar-refractivity contribution in [1.82, 2.24) is 10.6 Å². The zero-order valence-corrected chi connectivity index (χ0v) is 13.8. The molecule has 5 nitrogen and oxygen atoms in total. The van der Waals surface area contributed by atoms with Crippen molar-refractivity contribution in [2.45, 2.75) is 18.7 Å². The molecule has 2 amide bonds. The lowest BCUT2D eigenvalue weighted by atomic mass is 10.2. The van der Waals surface area contributed by atoms with Gasteiger partial charge in [0.1, 0.15) is 6.04 Å². The summed E-state index contributed by atoms with van der Waals surface area (Å²) < 4.78 is 4.98. The van der Waals surface area contributed by atoms with Gasteiger partial charge in [-0.1, -0.05) is 30.3 Å². The minimum atomic E-state index is -0.605. The van der Waals surface area contributed by atoms with Crippen molar-refractivity contribution >= 4 is 23.6 Å². The molecule has 2 aromatic rings. The second-order valence-corrected chi connectivity index (χ2v) is 6.11. The molecule has 2 N–H and O–H groups in total. The van der Waals surface area contributed by atoms with Crippen LogP contribution in [0, 0.1) is 0 Å². The first kappa shape index (κ1) is 17.1. The molecular formula is C17H20N2O3S. The summed E-state index contributed by atoms with van der Waals surface area (Å²) in [6.45, 7) is 2.21. The van der Waals surface area contributed by atoms with E-state index in [0.29, 0.717) is 6.54 Å². The average molecular weight is 332 g/mol. The molecule has 0 fully saturated rings. The standard InChI is InChI=1S/C17H20N2O3S/c1-13(19-17(21)15-8-5-10-22-15)16(20)18-9-11-23-12-14-6-3-2-4-7-14/h2-8,10,13H,9,11-12H2,1H3,(H,18,20)(H,19,21)/t13-/m0/s1. The molecule has 0 aliphatic rings. The summed E-state index contributed by atoms with van der Waals surface area (Å²) in [5.41, 5.74) is 1.27. The fraction of sp³-hybridized carbons (Fsp3) is 0.294. The van der Waals surface area contributed by atoms with Crippen molar-refractivity contribution in [3.05, 3.63) is 60.1 Å². The third-order valence-corrected chi connectivity index (χ3v) is 4.17. The van der Waals surface area contributed by atoms with Gasteiger partial charge in [0, 0.05) is 18.1 Å². The van der Waals surface area contributed by atoms with E-state index in [1.54, 1.807) is 30.8 Å². The lowest BCUT2D eigenvalue weighted by molar-refractivity contribution is -0.122. The van der Waals surface area contributed by atoms with Crippen LogP contribution in [0.1, 0.15) is 23.0 Å². The normalized spacial score (nSPS) is 11.7. The molecule has 122 valence electrons. The highest BCUT2D eigenvalue weighted by molar-refractivity contribution is 7.98. The number of hydrogen-bond acceptors (Lipinski definition) is 4. The number of nitrogens with one attached hydrogen (secondary N) is 2. The van der Waals surface area contributed by atoms with Crippen LogP contribution >= 0.6 is 11.8 Å². The van der Waals surface area contributed by atoms with Gasteiger partial charge in [-0.25, -0.2) is 0 Å². The van der Waals surface area contributed by atoms with Gasteiger partial charge in [0.25, 0.3) is 5.91 Å². The molecule has 1 aromatic heterocycles. The fourth-order valence-corrected chi connectivity index (χ4v) is 2.72. The molecule has 1 aromatic carbocycles. The second kappa shape index (κ2) is 9.05. The molecule has 2 rings (SSSR count). The van der Waals surface area contributed by atoms with Gasteiger partial charge in [0.05, 0.1) is 6.26 Å². The summed E-state index contributed by atoms with van der Waals surface area (Å²) in [5.74, 6) is 1.34. The van der Waals surface area contributed by atoms with Gasteiger partial charge in [-0.3, -0.25) is 9.59 Å². The molecule has 1 atom stereocenters. The SMILES string of the molecule is C[C@H](NC(=O)c1ccco1)C(=O)NCCSCc1ccccc1. The topological polar surface area (TPSA) is 71.3 Å². The Kier molecular flexibility index (Phi) is 6.75. The number of rotatable bonds is 8. The van der Waals surface area contributed by atoms with E-state index < -0.39 is 11.9 Å². The van der Waals surface area contributed by atoms with Crippen molar-refractivity contribution in [2.75, 3.05) is 12.3 Å². The number of furan rings is 1. The van der Waals surface area contributed by atoms with Gasteiger partial charge in [0.15, 0.2) is 5.76 Å². The van der Waals surface area contributed by atoms with Crippen molar-refractivity contribution in [3.8, 4) is 0 Å². The predicted molar refractivity (Wildman–Crippen MR) is 91.2 cm³/mol. The van der Waals surface area contributed by atoms with E-state index in [1.165, 1.54) is 11.8 Å². The van der Waals surface area contributed by atoms with E-state index in [9.17, 15) is 9.59 Å². The minimum Gasteiger partial charge on any atom is -0.459 e. The summed E-state index contributed by atoms with van der Waals surface area (Å²) in [6, 6.07) is 12.8. The van der Waals surface area contributed by atoms with E-state index in [-0.39, 0.29) is 11.7 Å². The Bertz CT molecular complexity index is 614. The zero-order chi connectivity index (χ0) is 16.5. The summed E-state index contributed by atoms with van der Waals surface area (Å²) >= 11 is 1.75. The van der Waals surface area contributed by atoms with Crippen LogP contribution in [0.3, 0.4) is 0 Å². The lowest BCUT2D eigenvalue weighted by Crippen LogP contribution is -2.45. The highest BCUT2D eigenvalue weighted by Gasteiger charge is 2.17. The van der Waals surface area contributed by atoms with Crippen molar-refractivity contribution in [2.24, 2.45) is 0 Å². The first-order valence-corrected chi connectivity index (χ1v) is 8.56. The maximum absolute atomic E-state index is 11.9. The Morgan fingerprint density at radius 1 is 1.17 bits per heavy atom. The summed E-state index contributed by atoms with van der Waals surface area (Å²) in [4.78, 5) is 23.7. The van der Waals surface area contributed by atoms with E-state index in [4.69, 9.17) is 4.42 Å². The lowest BCUT2D eigenvalue weighted by Gasteiger charge is -2.13. The third-order valence-electron chi connectivity index (χ3n) is 3.14. The summed E-state index contributed by atoms with van der Waals surface area (Å²) in [6.07, 6.45) is 1.42. The van der Waals surface area contributed by atoms with Crippen LogP contribution in [-0.4, -0.2) is 30.2 Å². The highest BCUT2D eigenvalue weighted by Crippen LogP contribution is 2.10. The Morgan fingerprint density at radius 2 is 1.96 bits per heavy atom. The van der Waals surface area contributed by atoms with Gasteiger partial charge >= 0.3 is 0 Å². The highest BCUT2D eigenvalue weighted by atomic mass is 32.2. The van der Waals surface area contributed by atoms with Gasteiger partial charge in [-0.15, -0.1) is 0 Å². The van der Waals surface area contributed by atoms with Crippen LogP contribution < -0.4 is 10.6 Å². The predicted octanol–water partition coefficient (Wildman–Crippen LogP) is 2.45. The average Bonchev–Trinajstić information content (AvgIpc) is 3.10. The van der Waals surface area contributed by atoms with Crippen LogP contribution in [0.15, 0.2) is 53.1 Å². The maximum atomic E-state index is 11.9. The van der Waals surface area contributed by atoms with E-state index in [1.807, 2.05) is 18.2 Å². The van der Waals surface area contributed by atoms with Gasteiger partial charge < -0.3 is 15.1 Å². The first-order valence-electron chi connectivity index (χ1n) is 7.40. The maximum Gasteiger partial charge on any atom is 0.287 e. The van der Waals surface area contributed by atoms with Crippen LogP contribution in [0.2, 0.25) is 0 Å². The molecule has 6 heteroatoms. The molecule has 23 heavy (non-hydrogen) atoms. The van der Waals surface area contributed by atoms with E-state index in [0.717, 1.165) is 11.5 Å². The molecule has 0 spiro atoms. The summed E-state index contributed by atoms with van der Waals surface area (Å²) in [5, 5.41) is 5.41.